The summed E-state index contributed by atoms with van der Waals surface area (Å²) >= 11 is 0. The van der Waals surface area contributed by atoms with Crippen LogP contribution in [-0.4, -0.2) is 11.9 Å². The van der Waals surface area contributed by atoms with E-state index in [4.69, 9.17) is 0 Å². The van der Waals surface area contributed by atoms with Gasteiger partial charge in [0.2, 0.25) is 5.91 Å². The van der Waals surface area contributed by atoms with Crippen molar-refractivity contribution >= 4 is 5.91 Å². The molecule has 0 aromatic carbocycles. The zero-order valence-corrected chi connectivity index (χ0v) is 8.76. The lowest BCUT2D eigenvalue weighted by Crippen LogP contribution is -2.30. The highest BCUT2D eigenvalue weighted by Crippen LogP contribution is 2.59. The van der Waals surface area contributed by atoms with E-state index < -0.39 is 0 Å². The molecule has 2 heteroatoms. The predicted molar refractivity (Wildman–Crippen MR) is 52.2 cm³/mol. The van der Waals surface area contributed by atoms with Crippen LogP contribution in [0.25, 0.3) is 0 Å². The van der Waals surface area contributed by atoms with Crippen LogP contribution in [0.2, 0.25) is 0 Å². The van der Waals surface area contributed by atoms with E-state index in [1.54, 1.807) is 0 Å². The smallest absolute Gasteiger partial charge is 0.226 e. The molecule has 1 aliphatic carbocycles. The molecule has 2 fully saturated rings. The van der Waals surface area contributed by atoms with Gasteiger partial charge in [0.05, 0.1) is 5.41 Å². The second kappa shape index (κ2) is 2.73. The van der Waals surface area contributed by atoms with Gasteiger partial charge in [-0.15, -0.1) is 0 Å². The van der Waals surface area contributed by atoms with E-state index >= 15 is 0 Å². The molecule has 74 valence electrons. The van der Waals surface area contributed by atoms with Crippen molar-refractivity contribution in [2.75, 3.05) is 0 Å². The van der Waals surface area contributed by atoms with Crippen LogP contribution < -0.4 is 5.32 Å². The quantitative estimate of drug-likeness (QED) is 0.693. The number of hydrogen-bond donors (Lipinski definition) is 1. The summed E-state index contributed by atoms with van der Waals surface area (Å²) in [7, 11) is 0. The van der Waals surface area contributed by atoms with E-state index in [2.05, 4.69) is 26.1 Å². The fourth-order valence-electron chi connectivity index (χ4n) is 3.09. The van der Waals surface area contributed by atoms with Gasteiger partial charge in [0, 0.05) is 6.04 Å². The highest BCUT2D eigenvalue weighted by Gasteiger charge is 2.62. The first-order valence-electron chi connectivity index (χ1n) is 5.43. The van der Waals surface area contributed by atoms with E-state index in [1.165, 1.54) is 0 Å². The van der Waals surface area contributed by atoms with E-state index in [9.17, 15) is 4.79 Å². The standard InChI is InChI=1S/C11H19NO/c1-4-8-9(7(2)3)11(5-6-11)10(13)12-8/h7-9H,4-6H2,1-3H3,(H,12,13). The highest BCUT2D eigenvalue weighted by molar-refractivity contribution is 5.88. The minimum atomic E-state index is 0.0643. The average molecular weight is 181 g/mol. The summed E-state index contributed by atoms with van der Waals surface area (Å²) in [6, 6.07) is 0.440. The molecule has 0 bridgehead atoms. The second-order valence-corrected chi connectivity index (χ2v) is 4.91. The Hall–Kier alpha value is -0.530. The zero-order valence-electron chi connectivity index (χ0n) is 8.76. The summed E-state index contributed by atoms with van der Waals surface area (Å²) < 4.78 is 0. The lowest BCUT2D eigenvalue weighted by molar-refractivity contribution is -0.124. The Kier molecular flexibility index (Phi) is 1.90. The van der Waals surface area contributed by atoms with Gasteiger partial charge in [0.15, 0.2) is 0 Å². The summed E-state index contributed by atoms with van der Waals surface area (Å²) in [5, 5.41) is 3.15. The van der Waals surface area contributed by atoms with Crippen LogP contribution in [0.3, 0.4) is 0 Å². The third-order valence-corrected chi connectivity index (χ3v) is 3.79. The molecule has 1 saturated carbocycles. The number of amides is 1. The molecule has 1 aliphatic heterocycles. The molecule has 2 aliphatic rings. The topological polar surface area (TPSA) is 29.1 Å². The number of carbonyl (C=O) groups is 1. The van der Waals surface area contributed by atoms with Crippen molar-refractivity contribution in [1.29, 1.82) is 0 Å². The maximum absolute atomic E-state index is 11.7. The summed E-state index contributed by atoms with van der Waals surface area (Å²) in [5.41, 5.74) is 0.0643. The Balaban J connectivity index is 2.23. The Morgan fingerprint density at radius 2 is 2.15 bits per heavy atom. The third kappa shape index (κ3) is 1.11. The molecule has 1 N–H and O–H groups in total. The van der Waals surface area contributed by atoms with Gasteiger partial charge in [-0.25, -0.2) is 0 Å². The van der Waals surface area contributed by atoms with Gasteiger partial charge in [-0.2, -0.15) is 0 Å². The summed E-state index contributed by atoms with van der Waals surface area (Å²) in [6.07, 6.45) is 3.33. The molecule has 0 aromatic heterocycles. The summed E-state index contributed by atoms with van der Waals surface area (Å²) in [5.74, 6) is 1.55. The van der Waals surface area contributed by atoms with Gasteiger partial charge in [-0.05, 0) is 31.1 Å². The Labute approximate surface area is 80.1 Å². The predicted octanol–water partition coefficient (Wildman–Crippen LogP) is 1.95. The SMILES string of the molecule is CCC1NC(=O)C2(CC2)C1C(C)C. The fraction of sp³-hybridized carbons (Fsp3) is 0.909. The minimum Gasteiger partial charge on any atom is -0.353 e. The van der Waals surface area contributed by atoms with Crippen LogP contribution in [-0.2, 0) is 4.79 Å². The minimum absolute atomic E-state index is 0.0643. The summed E-state index contributed by atoms with van der Waals surface area (Å²) in [6.45, 7) is 6.66. The van der Waals surface area contributed by atoms with Crippen molar-refractivity contribution in [3.8, 4) is 0 Å². The lowest BCUT2D eigenvalue weighted by Gasteiger charge is -2.25. The Morgan fingerprint density at radius 3 is 2.54 bits per heavy atom. The van der Waals surface area contributed by atoms with Crippen LogP contribution in [0.1, 0.15) is 40.0 Å². The van der Waals surface area contributed by atoms with Crippen LogP contribution >= 0.6 is 0 Å². The molecule has 2 atom stereocenters. The maximum atomic E-state index is 11.7. The average Bonchev–Trinajstić information content (AvgIpc) is 2.77. The number of nitrogens with one attached hydrogen (secondary N) is 1. The molecule has 0 radical (unpaired) electrons. The van der Waals surface area contributed by atoms with Gasteiger partial charge < -0.3 is 5.32 Å². The highest BCUT2D eigenvalue weighted by atomic mass is 16.2. The second-order valence-electron chi connectivity index (χ2n) is 4.91. The normalized spacial score (nSPS) is 35.5. The Bertz CT molecular complexity index is 230. The number of rotatable bonds is 2. The van der Waals surface area contributed by atoms with E-state index in [0.717, 1.165) is 19.3 Å². The van der Waals surface area contributed by atoms with Gasteiger partial charge in [-0.3, -0.25) is 4.79 Å². The number of carbonyl (C=O) groups excluding carboxylic acids is 1. The molecular weight excluding hydrogens is 162 g/mol. The van der Waals surface area contributed by atoms with Crippen LogP contribution in [0.4, 0.5) is 0 Å². The number of hydrogen-bond acceptors (Lipinski definition) is 1. The van der Waals surface area contributed by atoms with Crippen molar-refractivity contribution in [3.05, 3.63) is 0 Å². The molecule has 1 spiro atoms. The molecule has 1 amide bonds. The first-order chi connectivity index (χ1) is 6.12. The monoisotopic (exact) mass is 181 g/mol. The molecule has 2 nitrogen and oxygen atoms in total. The first kappa shape index (κ1) is 9.04. The summed E-state index contributed by atoms with van der Waals surface area (Å²) in [4.78, 5) is 11.7. The van der Waals surface area contributed by atoms with E-state index in [1.807, 2.05) is 0 Å². The molecule has 13 heavy (non-hydrogen) atoms. The van der Waals surface area contributed by atoms with Crippen molar-refractivity contribution in [3.63, 3.8) is 0 Å². The van der Waals surface area contributed by atoms with Crippen molar-refractivity contribution in [2.24, 2.45) is 17.3 Å². The molecule has 1 saturated heterocycles. The van der Waals surface area contributed by atoms with Gasteiger partial charge in [0.25, 0.3) is 0 Å². The fourth-order valence-corrected chi connectivity index (χ4v) is 3.09. The maximum Gasteiger partial charge on any atom is 0.226 e. The van der Waals surface area contributed by atoms with Crippen molar-refractivity contribution in [2.45, 2.75) is 46.1 Å². The molecular formula is C11H19NO. The van der Waals surface area contributed by atoms with Crippen molar-refractivity contribution < 1.29 is 4.79 Å². The van der Waals surface area contributed by atoms with Crippen molar-refractivity contribution in [1.82, 2.24) is 5.32 Å². The van der Waals surface area contributed by atoms with Gasteiger partial charge in [0.1, 0.15) is 0 Å². The molecule has 1 heterocycles. The zero-order chi connectivity index (χ0) is 9.64. The van der Waals surface area contributed by atoms with Gasteiger partial charge in [-0.1, -0.05) is 20.8 Å². The van der Waals surface area contributed by atoms with Gasteiger partial charge >= 0.3 is 0 Å². The third-order valence-electron chi connectivity index (χ3n) is 3.79. The van der Waals surface area contributed by atoms with E-state index in [-0.39, 0.29) is 5.41 Å². The molecule has 2 unspecified atom stereocenters. The molecule has 0 aromatic rings. The van der Waals surface area contributed by atoms with Crippen LogP contribution in [0.15, 0.2) is 0 Å². The lowest BCUT2D eigenvalue weighted by atomic mass is 9.78. The van der Waals surface area contributed by atoms with Crippen LogP contribution in [0.5, 0.6) is 0 Å². The largest absolute Gasteiger partial charge is 0.353 e. The van der Waals surface area contributed by atoms with E-state index in [0.29, 0.717) is 23.8 Å². The Morgan fingerprint density at radius 1 is 1.54 bits per heavy atom. The molecule has 2 rings (SSSR count). The van der Waals surface area contributed by atoms with Crippen LogP contribution in [0, 0.1) is 17.3 Å². The first-order valence-corrected chi connectivity index (χ1v) is 5.43.